The highest BCUT2D eigenvalue weighted by molar-refractivity contribution is 5.94. The van der Waals surface area contributed by atoms with Crippen molar-refractivity contribution in [3.05, 3.63) is 70.9 Å². The van der Waals surface area contributed by atoms with Crippen LogP contribution in [0.3, 0.4) is 0 Å². The van der Waals surface area contributed by atoms with Gasteiger partial charge in [-0.1, -0.05) is 30.3 Å². The molecule has 1 fully saturated rings. The first-order valence-electron chi connectivity index (χ1n) is 12.1. The van der Waals surface area contributed by atoms with Crippen molar-refractivity contribution in [1.29, 1.82) is 0 Å². The van der Waals surface area contributed by atoms with Gasteiger partial charge in [0.15, 0.2) is 0 Å². The van der Waals surface area contributed by atoms with Gasteiger partial charge < -0.3 is 31.5 Å². The van der Waals surface area contributed by atoms with Gasteiger partial charge >= 0.3 is 0 Å². The second kappa shape index (κ2) is 11.4. The second-order valence-electron chi connectivity index (χ2n) is 9.27. The minimum Gasteiger partial charge on any atom is -0.357 e. The van der Waals surface area contributed by atoms with Crippen molar-refractivity contribution in [3.63, 3.8) is 0 Å². The average molecular weight is 462 g/mol. The molecule has 0 radical (unpaired) electrons. The van der Waals surface area contributed by atoms with Crippen LogP contribution in [-0.2, 0) is 24.3 Å². The molecule has 1 aliphatic carbocycles. The van der Waals surface area contributed by atoms with Crippen LogP contribution >= 0.6 is 0 Å². The van der Waals surface area contributed by atoms with Gasteiger partial charge in [-0.25, -0.2) is 0 Å². The normalized spacial score (nSPS) is 21.8. The Balaban J connectivity index is 0.000000165. The predicted molar refractivity (Wildman–Crippen MR) is 136 cm³/mol. The van der Waals surface area contributed by atoms with E-state index in [0.29, 0.717) is 6.04 Å². The smallest absolute Gasteiger partial charge is 0.251 e. The molecule has 2 heterocycles. The summed E-state index contributed by atoms with van der Waals surface area (Å²) in [6, 6.07) is 16.6. The van der Waals surface area contributed by atoms with E-state index in [1.165, 1.54) is 22.2 Å². The molecule has 180 valence electrons. The third-order valence-corrected chi connectivity index (χ3v) is 6.74. The Morgan fingerprint density at radius 1 is 1.09 bits per heavy atom. The first-order valence-corrected chi connectivity index (χ1v) is 12.1. The van der Waals surface area contributed by atoms with Crippen molar-refractivity contribution < 1.29 is 9.59 Å². The van der Waals surface area contributed by atoms with Crippen LogP contribution in [0.5, 0.6) is 0 Å². The molecule has 2 aliphatic rings. The van der Waals surface area contributed by atoms with Gasteiger partial charge in [0.25, 0.3) is 5.91 Å². The minimum absolute atomic E-state index is 0.0245. The highest BCUT2D eigenvalue weighted by Gasteiger charge is 2.21. The maximum Gasteiger partial charge on any atom is 0.251 e. The van der Waals surface area contributed by atoms with Gasteiger partial charge in [-0.05, 0) is 68.5 Å². The van der Waals surface area contributed by atoms with Crippen LogP contribution in [0.1, 0.15) is 52.9 Å². The summed E-state index contributed by atoms with van der Waals surface area (Å²) < 4.78 is 0. The first-order chi connectivity index (χ1) is 16.6. The fourth-order valence-electron chi connectivity index (χ4n) is 4.77. The molecule has 1 atom stereocenters. The fourth-order valence-corrected chi connectivity index (χ4v) is 4.77. The fraction of sp³-hybridized carbons (Fsp3) is 0.407. The zero-order valence-corrected chi connectivity index (χ0v) is 19.8. The highest BCUT2D eigenvalue weighted by Crippen LogP contribution is 2.25. The minimum atomic E-state index is -0.0308. The van der Waals surface area contributed by atoms with Gasteiger partial charge in [-0.15, -0.1) is 0 Å². The van der Waals surface area contributed by atoms with E-state index in [2.05, 4.69) is 33.1 Å². The van der Waals surface area contributed by atoms with Crippen LogP contribution < -0.4 is 21.7 Å². The standard InChI is InChI=1S/C15H23N3O.C12H12N2O/c1-17-10-11-2-4-12(5-3-11)15(19)18-14-8-6-13(16)7-9-14;15-7-8-5-10-9-3-1-2-4-11(9)14-12(10)6-13-8/h2-5,13-14,17H,6-10,16H2,1H3,(H,18,19);1-4,7-8,13-14H,5-6H2. The van der Waals surface area contributed by atoms with E-state index in [1.807, 2.05) is 43.4 Å². The largest absolute Gasteiger partial charge is 0.357 e. The lowest BCUT2D eigenvalue weighted by Gasteiger charge is -2.26. The van der Waals surface area contributed by atoms with Crippen molar-refractivity contribution in [2.24, 2.45) is 5.73 Å². The number of para-hydroxylation sites is 1. The number of rotatable bonds is 5. The van der Waals surface area contributed by atoms with Crippen molar-refractivity contribution in [3.8, 4) is 0 Å². The molecule has 6 N–H and O–H groups in total. The number of hydrogen-bond acceptors (Lipinski definition) is 5. The lowest BCUT2D eigenvalue weighted by molar-refractivity contribution is -0.109. The van der Waals surface area contributed by atoms with E-state index < -0.39 is 0 Å². The molecule has 5 rings (SSSR count). The van der Waals surface area contributed by atoms with Gasteiger partial charge in [-0.2, -0.15) is 0 Å². The van der Waals surface area contributed by atoms with Crippen molar-refractivity contribution in [2.75, 3.05) is 7.05 Å². The number of aromatic nitrogens is 1. The number of aromatic amines is 1. The van der Waals surface area contributed by atoms with E-state index in [4.69, 9.17) is 5.73 Å². The van der Waals surface area contributed by atoms with Crippen LogP contribution in [-0.4, -0.2) is 42.4 Å². The number of amides is 1. The van der Waals surface area contributed by atoms with Crippen molar-refractivity contribution in [2.45, 2.75) is 63.3 Å². The zero-order valence-electron chi connectivity index (χ0n) is 19.8. The monoisotopic (exact) mass is 461 g/mol. The molecule has 1 amide bonds. The molecule has 3 aromatic rings. The topological polar surface area (TPSA) is 112 Å². The number of fused-ring (bicyclic) bond motifs is 3. The number of carbonyl (C=O) groups excluding carboxylic acids is 2. The zero-order chi connectivity index (χ0) is 23.9. The Morgan fingerprint density at radius 3 is 2.53 bits per heavy atom. The van der Waals surface area contributed by atoms with Crippen LogP contribution in [0.15, 0.2) is 48.5 Å². The molecule has 0 bridgehead atoms. The summed E-state index contributed by atoms with van der Waals surface area (Å²) >= 11 is 0. The van der Waals surface area contributed by atoms with E-state index in [9.17, 15) is 9.59 Å². The van der Waals surface area contributed by atoms with Crippen LogP contribution in [0.25, 0.3) is 10.9 Å². The van der Waals surface area contributed by atoms with E-state index in [0.717, 1.165) is 62.6 Å². The summed E-state index contributed by atoms with van der Waals surface area (Å²) in [6.07, 6.45) is 5.78. The summed E-state index contributed by atoms with van der Waals surface area (Å²) in [5.41, 5.74) is 11.5. The number of H-pyrrole nitrogens is 1. The SMILES string of the molecule is CNCc1ccc(C(=O)NC2CCC(N)CC2)cc1.O=CC1Cc2c([nH]c3ccccc23)CN1. The first kappa shape index (κ1) is 24.1. The molecule has 7 nitrogen and oxygen atoms in total. The van der Waals surface area contributed by atoms with Crippen LogP contribution in [0.2, 0.25) is 0 Å². The number of hydrogen-bond donors (Lipinski definition) is 5. The lowest BCUT2D eigenvalue weighted by Crippen LogP contribution is -2.40. The number of nitrogens with one attached hydrogen (secondary N) is 4. The van der Waals surface area contributed by atoms with Crippen LogP contribution in [0.4, 0.5) is 0 Å². The van der Waals surface area contributed by atoms with Gasteiger partial charge in [0.1, 0.15) is 6.29 Å². The molecule has 1 aliphatic heterocycles. The predicted octanol–water partition coefficient (Wildman–Crippen LogP) is 2.79. The van der Waals surface area contributed by atoms with E-state index >= 15 is 0 Å². The number of nitrogens with two attached hydrogens (primary N) is 1. The van der Waals surface area contributed by atoms with Gasteiger partial charge in [-0.3, -0.25) is 4.79 Å². The van der Waals surface area contributed by atoms with Gasteiger partial charge in [0.05, 0.1) is 6.04 Å². The van der Waals surface area contributed by atoms with Crippen molar-refractivity contribution in [1.82, 2.24) is 20.9 Å². The number of benzene rings is 2. The third-order valence-electron chi connectivity index (χ3n) is 6.74. The Morgan fingerprint density at radius 2 is 1.82 bits per heavy atom. The maximum atomic E-state index is 12.1. The molecule has 1 aromatic heterocycles. The summed E-state index contributed by atoms with van der Waals surface area (Å²) in [7, 11) is 1.91. The Kier molecular flexibility index (Phi) is 8.11. The molecule has 34 heavy (non-hydrogen) atoms. The number of carbonyl (C=O) groups is 2. The molecular weight excluding hydrogens is 426 g/mol. The number of aldehydes is 1. The molecule has 2 aromatic carbocycles. The maximum absolute atomic E-state index is 12.1. The molecular formula is C27H35N5O2. The molecule has 1 saturated carbocycles. The van der Waals surface area contributed by atoms with E-state index in [-0.39, 0.29) is 18.0 Å². The second-order valence-corrected chi connectivity index (χ2v) is 9.27. The van der Waals surface area contributed by atoms with Gasteiger partial charge in [0.2, 0.25) is 0 Å². The third kappa shape index (κ3) is 5.91. The quantitative estimate of drug-likeness (QED) is 0.375. The summed E-state index contributed by atoms with van der Waals surface area (Å²) in [5, 5.41) is 10.6. The molecule has 0 saturated heterocycles. The Bertz CT molecular complexity index is 1100. The van der Waals surface area contributed by atoms with Crippen LogP contribution in [0, 0.1) is 0 Å². The summed E-state index contributed by atoms with van der Waals surface area (Å²) in [6.45, 7) is 1.58. The van der Waals surface area contributed by atoms with Crippen molar-refractivity contribution >= 4 is 23.1 Å². The molecule has 1 unspecified atom stereocenters. The average Bonchev–Trinajstić information content (AvgIpc) is 3.24. The van der Waals surface area contributed by atoms with E-state index in [1.54, 1.807) is 0 Å². The Labute approximate surface area is 200 Å². The van der Waals surface area contributed by atoms with Gasteiger partial charge in [0, 0.05) is 47.3 Å². The molecule has 0 spiro atoms. The highest BCUT2D eigenvalue weighted by atomic mass is 16.1. The summed E-state index contributed by atoms with van der Waals surface area (Å²) in [5.74, 6) is 0.0245. The molecule has 7 heteroatoms. The lowest BCUT2D eigenvalue weighted by atomic mass is 9.91. The summed E-state index contributed by atoms with van der Waals surface area (Å²) in [4.78, 5) is 26.2. The Hall–Kier alpha value is -3.00.